The van der Waals surface area contributed by atoms with Crippen LogP contribution in [0.15, 0.2) is 30.3 Å². The van der Waals surface area contributed by atoms with E-state index in [0.29, 0.717) is 45.5 Å². The molecule has 0 aliphatic carbocycles. The molecule has 0 spiro atoms. The number of benzene rings is 1. The number of hydroxylamine groups is 2. The number of hydrogen-bond acceptors (Lipinski definition) is 12. The summed E-state index contributed by atoms with van der Waals surface area (Å²) in [5.74, 6) is -3.02. The van der Waals surface area contributed by atoms with E-state index in [4.69, 9.17) is 19.0 Å². The first-order chi connectivity index (χ1) is 30.4. The minimum absolute atomic E-state index is 0.0106. The predicted molar refractivity (Wildman–Crippen MR) is 244 cm³/mol. The number of nitrogens with zero attached hydrogens (tertiary/aromatic N) is 4. The first kappa shape index (κ1) is 54.4. The van der Waals surface area contributed by atoms with Gasteiger partial charge in [0.2, 0.25) is 23.6 Å². The maximum Gasteiger partial charge on any atom is 0.305 e. The first-order valence-electron chi connectivity index (χ1n) is 23.4. The van der Waals surface area contributed by atoms with Gasteiger partial charge in [-0.1, -0.05) is 85.2 Å². The smallest absolute Gasteiger partial charge is 0.305 e. The second-order valence-corrected chi connectivity index (χ2v) is 18.4. The monoisotopic (exact) mass is 901 g/mol. The highest BCUT2D eigenvalue weighted by Gasteiger charge is 2.44. The highest BCUT2D eigenvalue weighted by Crippen LogP contribution is 2.31. The fourth-order valence-electron chi connectivity index (χ4n) is 9.63. The lowest BCUT2D eigenvalue weighted by molar-refractivity contribution is -0.199. The highest BCUT2D eigenvalue weighted by molar-refractivity contribution is 6.00. The number of likely N-dealkylation sites (tertiary alicyclic amines) is 1. The lowest BCUT2D eigenvalue weighted by atomic mass is 9.87. The van der Waals surface area contributed by atoms with Crippen LogP contribution < -0.4 is 10.6 Å². The van der Waals surface area contributed by atoms with E-state index in [1.54, 1.807) is 26.0 Å². The summed E-state index contributed by atoms with van der Waals surface area (Å²) in [5.41, 5.74) is 0.901. The van der Waals surface area contributed by atoms with E-state index < -0.39 is 54.1 Å². The van der Waals surface area contributed by atoms with Crippen LogP contribution in [0.3, 0.4) is 0 Å². The predicted octanol–water partition coefficient (Wildman–Crippen LogP) is 4.24. The van der Waals surface area contributed by atoms with Gasteiger partial charge < -0.3 is 24.4 Å². The molecule has 2 aliphatic heterocycles. The number of hydrogen-bond donors (Lipinski definition) is 2. The third kappa shape index (κ3) is 15.0. The van der Waals surface area contributed by atoms with Crippen LogP contribution in [0.4, 0.5) is 0 Å². The molecule has 2 N–H and O–H groups in total. The van der Waals surface area contributed by atoms with Gasteiger partial charge in [0.05, 0.1) is 56.4 Å². The number of carbonyl (C=O) groups is 6. The maximum atomic E-state index is 14.5. The van der Waals surface area contributed by atoms with Crippen molar-refractivity contribution >= 4 is 35.5 Å². The molecule has 64 heavy (non-hydrogen) atoms. The molecular weight excluding hydrogens is 821 g/mol. The Morgan fingerprint density at radius 3 is 2.06 bits per heavy atom. The summed E-state index contributed by atoms with van der Waals surface area (Å²) in [6, 6.07) is 6.54. The Morgan fingerprint density at radius 2 is 1.50 bits per heavy atom. The second kappa shape index (κ2) is 26.9. The van der Waals surface area contributed by atoms with Crippen molar-refractivity contribution in [2.45, 2.75) is 149 Å². The summed E-state index contributed by atoms with van der Waals surface area (Å²) < 4.78 is 16.9. The van der Waals surface area contributed by atoms with Crippen LogP contribution in [0, 0.1) is 23.7 Å². The fraction of sp³-hybridized carbons (Fsp3) is 0.750. The van der Waals surface area contributed by atoms with Crippen molar-refractivity contribution in [3.8, 4) is 0 Å². The Morgan fingerprint density at radius 1 is 0.844 bits per heavy atom. The molecule has 1 aromatic rings. The number of imide groups is 1. The van der Waals surface area contributed by atoms with Crippen molar-refractivity contribution in [1.82, 2.24) is 30.4 Å². The Balaban J connectivity index is 1.79. The molecule has 9 atom stereocenters. The minimum Gasteiger partial charge on any atom is -0.469 e. The van der Waals surface area contributed by atoms with Crippen molar-refractivity contribution in [3.05, 3.63) is 35.9 Å². The van der Waals surface area contributed by atoms with Gasteiger partial charge >= 0.3 is 5.97 Å². The largest absolute Gasteiger partial charge is 0.469 e. The van der Waals surface area contributed by atoms with E-state index in [1.807, 2.05) is 81.9 Å². The van der Waals surface area contributed by atoms with E-state index in [0.717, 1.165) is 31.2 Å². The van der Waals surface area contributed by atoms with Gasteiger partial charge in [-0.2, -0.15) is 0 Å². The molecule has 16 heteroatoms. The van der Waals surface area contributed by atoms with Gasteiger partial charge in [0.25, 0.3) is 5.91 Å². The Hall–Kier alpha value is -3.96. The Bertz CT molecular complexity index is 1640. The molecule has 16 nitrogen and oxygen atoms in total. The van der Waals surface area contributed by atoms with Crippen molar-refractivity contribution in [1.29, 1.82) is 0 Å². The van der Waals surface area contributed by atoms with Gasteiger partial charge in [-0.05, 0) is 76.1 Å². The SMILES string of the molecule is CC[C@H](C)[C@@H]([C@@H](CC(=O)N1CCC[C@H]1[C@H](OC)[C@@H](C)C(=O)N[C@@H](Cc1ccccc1)C(=O)N1CCCCO1)OC)N(C)[C@H](C(=O)NC(=O)[C@H](C(C)C)N(C)CCCC(=O)OC)C(C)C. The molecule has 0 unspecified atom stereocenters. The van der Waals surface area contributed by atoms with Crippen molar-refractivity contribution in [3.63, 3.8) is 0 Å². The van der Waals surface area contributed by atoms with Gasteiger partial charge in [0, 0.05) is 46.2 Å². The summed E-state index contributed by atoms with van der Waals surface area (Å²) >= 11 is 0. The number of esters is 1. The second-order valence-electron chi connectivity index (χ2n) is 18.4. The van der Waals surface area contributed by atoms with Crippen LogP contribution in [-0.2, 0) is 54.2 Å². The van der Waals surface area contributed by atoms with E-state index in [1.165, 1.54) is 12.2 Å². The number of rotatable bonds is 25. The van der Waals surface area contributed by atoms with Crippen LogP contribution in [-0.4, -0.2) is 159 Å². The molecule has 0 saturated carbocycles. The van der Waals surface area contributed by atoms with Gasteiger partial charge in [0.15, 0.2) is 0 Å². The van der Waals surface area contributed by atoms with E-state index in [-0.39, 0.29) is 60.3 Å². The lowest BCUT2D eigenvalue weighted by Gasteiger charge is -2.43. The number of methoxy groups -OCH3 is 3. The zero-order valence-corrected chi connectivity index (χ0v) is 40.8. The van der Waals surface area contributed by atoms with Crippen LogP contribution in [0.25, 0.3) is 0 Å². The number of carbonyl (C=O) groups excluding carboxylic acids is 6. The lowest BCUT2D eigenvalue weighted by Crippen LogP contribution is -2.60. The molecule has 2 aliphatic rings. The molecule has 0 aromatic heterocycles. The van der Waals surface area contributed by atoms with E-state index >= 15 is 0 Å². The maximum absolute atomic E-state index is 14.5. The molecule has 3 rings (SSSR count). The molecule has 1 aromatic carbocycles. The van der Waals surface area contributed by atoms with Gasteiger partial charge in [-0.25, -0.2) is 5.06 Å². The fourth-order valence-corrected chi connectivity index (χ4v) is 9.63. The van der Waals surface area contributed by atoms with Crippen LogP contribution in [0.5, 0.6) is 0 Å². The van der Waals surface area contributed by atoms with Crippen LogP contribution in [0.2, 0.25) is 0 Å². The zero-order valence-electron chi connectivity index (χ0n) is 40.8. The normalized spacial score (nSPS) is 19.5. The Kier molecular flexibility index (Phi) is 22.8. The van der Waals surface area contributed by atoms with Crippen molar-refractivity contribution in [2.24, 2.45) is 23.7 Å². The van der Waals surface area contributed by atoms with Gasteiger partial charge in [0.1, 0.15) is 6.04 Å². The first-order valence-corrected chi connectivity index (χ1v) is 23.4. The summed E-state index contributed by atoms with van der Waals surface area (Å²) in [5, 5.41) is 7.09. The quantitative estimate of drug-likeness (QED) is 0.134. The Labute approximate surface area is 382 Å². The number of amides is 5. The molecule has 0 radical (unpaired) electrons. The number of ether oxygens (including phenoxy) is 3. The van der Waals surface area contributed by atoms with E-state index in [9.17, 15) is 28.8 Å². The standard InChI is InChI=1S/C48H80N6O10/c1-13-33(6)43(52(9)42(32(4)5)47(59)50-46(58)41(31(2)3)51(8)25-20-24-40(56)62-11)38(61-10)30-39(55)53-26-19-23-37(53)44(63-12)34(7)45(57)49-36(29-35-21-15-14-16-22-35)48(60)54-27-17-18-28-64-54/h14-16,21-22,31-34,36-38,41-44H,13,17-20,23-30H2,1-12H3,(H,49,57)(H,50,58,59)/t33-,34+,36-,37-,38+,41-,42-,43-,44+/m0/s1. The molecule has 0 bridgehead atoms. The average molecular weight is 901 g/mol. The van der Waals surface area contributed by atoms with Crippen LogP contribution >= 0.6 is 0 Å². The van der Waals surface area contributed by atoms with Crippen molar-refractivity contribution in [2.75, 3.05) is 61.7 Å². The molecule has 2 fully saturated rings. The summed E-state index contributed by atoms with van der Waals surface area (Å²) in [4.78, 5) is 93.3. The van der Waals surface area contributed by atoms with Crippen molar-refractivity contribution < 1.29 is 47.8 Å². The molecule has 5 amide bonds. The summed E-state index contributed by atoms with van der Waals surface area (Å²) in [7, 11) is 8.13. The summed E-state index contributed by atoms with van der Waals surface area (Å²) in [6.07, 6.45) is 3.53. The topological polar surface area (TPSA) is 176 Å². The third-order valence-electron chi connectivity index (χ3n) is 13.2. The summed E-state index contributed by atoms with van der Waals surface area (Å²) in [6.45, 7) is 15.4. The number of nitrogens with one attached hydrogen (secondary N) is 2. The molecular formula is C48H80N6O10. The van der Waals surface area contributed by atoms with E-state index in [2.05, 4.69) is 24.5 Å². The highest BCUT2D eigenvalue weighted by atomic mass is 16.7. The molecule has 2 heterocycles. The average Bonchev–Trinajstić information content (AvgIpc) is 3.75. The molecule has 2 saturated heterocycles. The van der Waals surface area contributed by atoms with Gasteiger partial charge in [-0.3, -0.25) is 48.7 Å². The zero-order chi connectivity index (χ0) is 47.7. The molecule has 362 valence electrons. The third-order valence-corrected chi connectivity index (χ3v) is 13.2. The number of likely N-dealkylation sites (N-methyl/N-ethyl adjacent to an activating group) is 2. The van der Waals surface area contributed by atoms with Crippen LogP contribution in [0.1, 0.15) is 105 Å². The minimum atomic E-state index is -0.858. The van der Waals surface area contributed by atoms with Gasteiger partial charge in [-0.15, -0.1) is 0 Å².